The number of nitrogens with one attached hydrogen (secondary N) is 1. The van der Waals surface area contributed by atoms with Gasteiger partial charge in [0.15, 0.2) is 5.78 Å². The number of hydrogen-bond donors (Lipinski definition) is 1. The Morgan fingerprint density at radius 3 is 2.40 bits per heavy atom. The molecule has 9 heteroatoms. The molecular weight excluding hydrogens is 574 g/mol. The largest absolute Gasteiger partial charge is 0.368 e. The number of Topliss-reactive ketones (excluding diaryl/α,β-unsaturated/α-hetero) is 1. The number of amides is 1. The van der Waals surface area contributed by atoms with Crippen molar-refractivity contribution in [1.82, 2.24) is 4.90 Å². The molecule has 0 bridgehead atoms. The fourth-order valence-corrected chi connectivity index (χ4v) is 6.90. The summed E-state index contributed by atoms with van der Waals surface area (Å²) in [5, 5.41) is 4.53. The Bertz CT molecular complexity index is 1560. The maximum Gasteiger partial charge on any atom is 0.242 e. The molecule has 0 spiro atoms. The van der Waals surface area contributed by atoms with E-state index in [2.05, 4.69) is 24.1 Å². The molecule has 6 nitrogen and oxygen atoms in total. The lowest BCUT2D eigenvalue weighted by Crippen LogP contribution is -2.52. The number of piperazine rings is 1. The molecule has 1 atom stereocenters. The lowest BCUT2D eigenvalue weighted by Gasteiger charge is -2.40. The normalized spacial score (nSPS) is 20.1. The molecule has 3 aromatic rings. The number of benzene rings is 3. The summed E-state index contributed by atoms with van der Waals surface area (Å²) in [5.74, 6) is -0.261. The van der Waals surface area contributed by atoms with Gasteiger partial charge in [-0.25, -0.2) is 4.39 Å². The van der Waals surface area contributed by atoms with E-state index in [0.717, 1.165) is 28.3 Å². The van der Waals surface area contributed by atoms with Crippen molar-refractivity contribution < 1.29 is 14.0 Å². The predicted octanol–water partition coefficient (Wildman–Crippen LogP) is 7.10. The highest BCUT2D eigenvalue weighted by molar-refractivity contribution is 6.35. The van der Waals surface area contributed by atoms with Gasteiger partial charge < -0.3 is 20.0 Å². The number of nitrogens with zero attached hydrogens (tertiary/aromatic N) is 3. The summed E-state index contributed by atoms with van der Waals surface area (Å²) >= 11 is 13.1. The number of fused-ring (bicyclic) bond motifs is 1. The average molecular weight is 608 g/mol. The zero-order valence-corrected chi connectivity index (χ0v) is 25.2. The molecule has 0 radical (unpaired) electrons. The SMILES string of the molecule is CC1(C)CC(=O)C2=C(C1)Nc1ccccc1N(CC(=O)N1CCN(c3ccc(F)cc3)CC1)C2c1ccc(Cl)cc1Cl. The van der Waals surface area contributed by atoms with Crippen LogP contribution in [0.1, 0.15) is 38.3 Å². The van der Waals surface area contributed by atoms with E-state index in [0.29, 0.717) is 54.6 Å². The highest BCUT2D eigenvalue weighted by Crippen LogP contribution is 2.49. The van der Waals surface area contributed by atoms with Gasteiger partial charge in [0, 0.05) is 59.6 Å². The van der Waals surface area contributed by atoms with Gasteiger partial charge in [0.25, 0.3) is 0 Å². The van der Waals surface area contributed by atoms with Crippen LogP contribution in [0, 0.1) is 11.2 Å². The van der Waals surface area contributed by atoms with Crippen molar-refractivity contribution in [2.75, 3.05) is 47.8 Å². The molecule has 2 heterocycles. The van der Waals surface area contributed by atoms with Crippen LogP contribution in [-0.2, 0) is 9.59 Å². The zero-order valence-electron chi connectivity index (χ0n) is 23.7. The number of allylic oxidation sites excluding steroid dienone is 1. The summed E-state index contributed by atoms with van der Waals surface area (Å²) in [7, 11) is 0. The molecule has 1 aliphatic carbocycles. The Morgan fingerprint density at radius 2 is 1.69 bits per heavy atom. The Balaban J connectivity index is 1.36. The van der Waals surface area contributed by atoms with Gasteiger partial charge in [-0.15, -0.1) is 0 Å². The van der Waals surface area contributed by atoms with Gasteiger partial charge in [-0.1, -0.05) is 55.2 Å². The van der Waals surface area contributed by atoms with Crippen LogP contribution in [0.15, 0.2) is 78.0 Å². The van der Waals surface area contributed by atoms with Crippen molar-refractivity contribution in [1.29, 1.82) is 0 Å². The number of halogens is 3. The second-order valence-electron chi connectivity index (χ2n) is 12.0. The molecule has 3 aliphatic rings. The molecule has 0 aromatic heterocycles. The minimum atomic E-state index is -0.575. The molecular formula is C33H33Cl2FN4O2. The first-order valence-corrected chi connectivity index (χ1v) is 15.0. The third kappa shape index (κ3) is 5.60. The molecule has 1 unspecified atom stereocenters. The third-order valence-corrected chi connectivity index (χ3v) is 8.95. The predicted molar refractivity (Wildman–Crippen MR) is 167 cm³/mol. The van der Waals surface area contributed by atoms with E-state index in [1.165, 1.54) is 12.1 Å². The van der Waals surface area contributed by atoms with Crippen molar-refractivity contribution in [3.63, 3.8) is 0 Å². The topological polar surface area (TPSA) is 55.9 Å². The number of rotatable bonds is 4. The van der Waals surface area contributed by atoms with Gasteiger partial charge in [0.2, 0.25) is 5.91 Å². The fourth-order valence-electron chi connectivity index (χ4n) is 6.39. The van der Waals surface area contributed by atoms with Crippen molar-refractivity contribution in [2.45, 2.75) is 32.7 Å². The zero-order chi connectivity index (χ0) is 29.6. The van der Waals surface area contributed by atoms with Crippen molar-refractivity contribution in [3.05, 3.63) is 99.4 Å². The van der Waals surface area contributed by atoms with E-state index in [4.69, 9.17) is 23.2 Å². The first-order chi connectivity index (χ1) is 20.1. The summed E-state index contributed by atoms with van der Waals surface area (Å²) in [4.78, 5) is 33.9. The lowest BCUT2D eigenvalue weighted by molar-refractivity contribution is -0.130. The van der Waals surface area contributed by atoms with Crippen LogP contribution in [0.3, 0.4) is 0 Å². The summed E-state index contributed by atoms with van der Waals surface area (Å²) < 4.78 is 13.4. The Hall–Kier alpha value is -3.55. The van der Waals surface area contributed by atoms with Crippen LogP contribution in [-0.4, -0.2) is 49.3 Å². The minimum Gasteiger partial charge on any atom is -0.368 e. The second-order valence-corrected chi connectivity index (χ2v) is 12.9. The van der Waals surface area contributed by atoms with Crippen molar-refractivity contribution >= 4 is 52.0 Å². The minimum absolute atomic E-state index is 0.0358. The first-order valence-electron chi connectivity index (χ1n) is 14.2. The van der Waals surface area contributed by atoms with E-state index < -0.39 is 6.04 Å². The Morgan fingerprint density at radius 1 is 0.976 bits per heavy atom. The van der Waals surface area contributed by atoms with Crippen molar-refractivity contribution in [2.24, 2.45) is 5.41 Å². The number of para-hydroxylation sites is 2. The Labute approximate surface area is 255 Å². The molecule has 1 amide bonds. The van der Waals surface area contributed by atoms with Crippen molar-refractivity contribution in [3.8, 4) is 0 Å². The van der Waals surface area contributed by atoms with E-state index in [-0.39, 0.29) is 29.5 Å². The highest BCUT2D eigenvalue weighted by atomic mass is 35.5. The number of carbonyl (C=O) groups excluding carboxylic acids is 2. The fraction of sp³-hybridized carbons (Fsp3) is 0.333. The maximum absolute atomic E-state index is 14.0. The molecule has 218 valence electrons. The van der Waals surface area contributed by atoms with Gasteiger partial charge in [-0.05, 0) is 65.9 Å². The van der Waals surface area contributed by atoms with Crippen LogP contribution in [0.25, 0.3) is 0 Å². The Kier molecular flexibility index (Phi) is 7.66. The molecule has 42 heavy (non-hydrogen) atoms. The molecule has 0 saturated carbocycles. The van der Waals surface area contributed by atoms with Crippen LogP contribution in [0.2, 0.25) is 10.0 Å². The van der Waals surface area contributed by atoms with Crippen LogP contribution in [0.4, 0.5) is 21.5 Å². The summed E-state index contributed by atoms with van der Waals surface area (Å²) in [5.41, 5.74) is 4.64. The third-order valence-electron chi connectivity index (χ3n) is 8.39. The van der Waals surface area contributed by atoms with Gasteiger partial charge in [-0.2, -0.15) is 0 Å². The van der Waals surface area contributed by atoms with Gasteiger partial charge in [0.05, 0.1) is 24.0 Å². The summed E-state index contributed by atoms with van der Waals surface area (Å²) in [6.45, 7) is 6.63. The summed E-state index contributed by atoms with van der Waals surface area (Å²) in [6, 6.07) is 19.0. The molecule has 1 saturated heterocycles. The maximum atomic E-state index is 14.0. The molecule has 2 aliphatic heterocycles. The molecule has 1 N–H and O–H groups in total. The molecule has 3 aromatic carbocycles. The number of anilines is 3. The van der Waals surface area contributed by atoms with Gasteiger partial charge >= 0.3 is 0 Å². The summed E-state index contributed by atoms with van der Waals surface area (Å²) in [6.07, 6.45) is 1.09. The number of hydrogen-bond acceptors (Lipinski definition) is 5. The quantitative estimate of drug-likeness (QED) is 0.343. The number of ketones is 1. The van der Waals surface area contributed by atoms with Crippen LogP contribution < -0.4 is 15.1 Å². The van der Waals surface area contributed by atoms with Gasteiger partial charge in [-0.3, -0.25) is 9.59 Å². The second kappa shape index (κ2) is 11.3. The monoisotopic (exact) mass is 606 g/mol. The van der Waals surface area contributed by atoms with E-state index in [1.807, 2.05) is 40.1 Å². The standard InChI is InChI=1S/C33H33Cl2FN4O2/c1-33(2)18-27-31(29(41)19-33)32(24-12-7-21(34)17-25(24)35)40(28-6-4-3-5-26(28)37-27)20-30(42)39-15-13-38(14-16-39)23-10-8-22(36)9-11-23/h3-12,17,32,37H,13-16,18-20H2,1-2H3. The number of carbonyl (C=O) groups is 2. The first kappa shape index (κ1) is 28.6. The molecule has 6 rings (SSSR count). The average Bonchev–Trinajstić information content (AvgIpc) is 3.07. The van der Waals surface area contributed by atoms with E-state index in [9.17, 15) is 14.0 Å². The van der Waals surface area contributed by atoms with Crippen LogP contribution in [0.5, 0.6) is 0 Å². The van der Waals surface area contributed by atoms with E-state index in [1.54, 1.807) is 24.3 Å². The highest BCUT2D eigenvalue weighted by Gasteiger charge is 2.43. The molecule has 1 fully saturated rings. The van der Waals surface area contributed by atoms with E-state index >= 15 is 0 Å². The smallest absolute Gasteiger partial charge is 0.242 e. The van der Waals surface area contributed by atoms with Gasteiger partial charge in [0.1, 0.15) is 5.82 Å². The lowest BCUT2D eigenvalue weighted by atomic mass is 9.73. The van der Waals surface area contributed by atoms with Crippen LogP contribution >= 0.6 is 23.2 Å².